The van der Waals surface area contributed by atoms with Gasteiger partial charge in [0.25, 0.3) is 0 Å². The average Bonchev–Trinajstić information content (AvgIpc) is 2.93. The zero-order valence-electron chi connectivity index (χ0n) is 11.5. The first-order valence-corrected chi connectivity index (χ1v) is 6.86. The van der Waals surface area contributed by atoms with Crippen molar-refractivity contribution < 1.29 is 0 Å². The van der Waals surface area contributed by atoms with Crippen LogP contribution in [0.15, 0.2) is 55.1 Å². The number of hydrogen-bond acceptors (Lipinski definition) is 3. The highest BCUT2D eigenvalue weighted by atomic mass is 15.1. The van der Waals surface area contributed by atoms with Gasteiger partial charge < -0.3 is 9.88 Å². The van der Waals surface area contributed by atoms with Gasteiger partial charge in [-0.25, -0.2) is 9.97 Å². The molecule has 4 heteroatoms. The number of hydrogen-bond donors (Lipinski definition) is 1. The lowest BCUT2D eigenvalue weighted by Gasteiger charge is -2.20. The Morgan fingerprint density at radius 3 is 2.85 bits per heavy atom. The van der Waals surface area contributed by atoms with E-state index in [0.29, 0.717) is 0 Å². The van der Waals surface area contributed by atoms with E-state index in [1.54, 1.807) is 6.33 Å². The van der Waals surface area contributed by atoms with Crippen molar-refractivity contribution in [2.45, 2.75) is 12.5 Å². The predicted molar refractivity (Wildman–Crippen MR) is 80.7 cm³/mol. The van der Waals surface area contributed by atoms with Crippen molar-refractivity contribution in [2.75, 3.05) is 13.6 Å². The second-order valence-electron chi connectivity index (χ2n) is 4.84. The third-order valence-electron chi connectivity index (χ3n) is 3.57. The van der Waals surface area contributed by atoms with Gasteiger partial charge in [-0.2, -0.15) is 0 Å². The Labute approximate surface area is 118 Å². The van der Waals surface area contributed by atoms with Crippen LogP contribution in [0.4, 0.5) is 0 Å². The van der Waals surface area contributed by atoms with Crippen LogP contribution in [0.5, 0.6) is 0 Å². The minimum absolute atomic E-state index is 0.288. The van der Waals surface area contributed by atoms with E-state index in [2.05, 4.69) is 62.4 Å². The topological polar surface area (TPSA) is 42.7 Å². The SMILES string of the molecule is CNCCC(c1ccccc1)n1ccc2cncnc21. The first-order valence-electron chi connectivity index (χ1n) is 6.86. The Bertz CT molecular complexity index is 675. The summed E-state index contributed by atoms with van der Waals surface area (Å²) >= 11 is 0. The molecule has 1 aromatic carbocycles. The van der Waals surface area contributed by atoms with E-state index in [9.17, 15) is 0 Å². The Kier molecular flexibility index (Phi) is 3.74. The fourth-order valence-corrected chi connectivity index (χ4v) is 2.57. The molecule has 0 aliphatic carbocycles. The van der Waals surface area contributed by atoms with E-state index in [0.717, 1.165) is 24.0 Å². The maximum atomic E-state index is 4.43. The number of rotatable bonds is 5. The highest BCUT2D eigenvalue weighted by molar-refractivity contribution is 5.75. The number of fused-ring (bicyclic) bond motifs is 1. The summed E-state index contributed by atoms with van der Waals surface area (Å²) in [5.74, 6) is 0. The molecule has 0 amide bonds. The lowest BCUT2D eigenvalue weighted by atomic mass is 10.0. The molecule has 2 aromatic heterocycles. The molecule has 0 bridgehead atoms. The van der Waals surface area contributed by atoms with Crippen LogP contribution in [0.1, 0.15) is 18.0 Å². The second-order valence-corrected chi connectivity index (χ2v) is 4.84. The standard InChI is InChI=1S/C16H18N4/c1-17-9-7-15(13-5-3-2-4-6-13)20-10-8-14-11-18-12-19-16(14)20/h2-6,8,10-12,15,17H,7,9H2,1H3. The smallest absolute Gasteiger partial charge is 0.143 e. The first kappa shape index (κ1) is 12.8. The van der Waals surface area contributed by atoms with Gasteiger partial charge in [0, 0.05) is 17.8 Å². The van der Waals surface area contributed by atoms with Gasteiger partial charge in [-0.3, -0.25) is 0 Å². The molecule has 1 N–H and O–H groups in total. The second kappa shape index (κ2) is 5.84. The van der Waals surface area contributed by atoms with Crippen molar-refractivity contribution in [3.05, 3.63) is 60.7 Å². The Balaban J connectivity index is 2.05. The van der Waals surface area contributed by atoms with Crippen LogP contribution in [0.2, 0.25) is 0 Å². The van der Waals surface area contributed by atoms with Crippen molar-refractivity contribution in [1.29, 1.82) is 0 Å². The van der Waals surface area contributed by atoms with Gasteiger partial charge in [0.05, 0.1) is 6.04 Å². The molecule has 0 spiro atoms. The van der Waals surface area contributed by atoms with Crippen LogP contribution >= 0.6 is 0 Å². The Hall–Kier alpha value is -2.20. The molecule has 102 valence electrons. The Morgan fingerprint density at radius 2 is 2.05 bits per heavy atom. The maximum Gasteiger partial charge on any atom is 0.143 e. The summed E-state index contributed by atoms with van der Waals surface area (Å²) in [5.41, 5.74) is 2.30. The van der Waals surface area contributed by atoms with E-state index >= 15 is 0 Å². The first-order chi connectivity index (χ1) is 9.90. The molecule has 4 nitrogen and oxygen atoms in total. The van der Waals surface area contributed by atoms with E-state index in [1.807, 2.05) is 13.2 Å². The number of aromatic nitrogens is 3. The molecular formula is C16H18N4. The zero-order chi connectivity index (χ0) is 13.8. The molecule has 0 saturated carbocycles. The third-order valence-corrected chi connectivity index (χ3v) is 3.57. The van der Waals surface area contributed by atoms with Crippen LogP contribution < -0.4 is 5.32 Å². The summed E-state index contributed by atoms with van der Waals surface area (Å²) in [5, 5.41) is 4.31. The van der Waals surface area contributed by atoms with E-state index in [-0.39, 0.29) is 6.04 Å². The minimum atomic E-state index is 0.288. The summed E-state index contributed by atoms with van der Waals surface area (Å²) in [6.07, 6.45) is 6.60. The molecule has 0 aliphatic heterocycles. The zero-order valence-corrected chi connectivity index (χ0v) is 11.5. The molecule has 20 heavy (non-hydrogen) atoms. The van der Waals surface area contributed by atoms with E-state index in [4.69, 9.17) is 0 Å². The van der Waals surface area contributed by atoms with Crippen LogP contribution in [-0.2, 0) is 0 Å². The van der Waals surface area contributed by atoms with Gasteiger partial charge in [0.2, 0.25) is 0 Å². The molecule has 0 saturated heterocycles. The van der Waals surface area contributed by atoms with Crippen LogP contribution in [0.25, 0.3) is 11.0 Å². The van der Waals surface area contributed by atoms with Gasteiger partial charge in [0.1, 0.15) is 12.0 Å². The van der Waals surface area contributed by atoms with Gasteiger partial charge in [-0.05, 0) is 31.6 Å². The number of benzene rings is 1. The van der Waals surface area contributed by atoms with Crippen molar-refractivity contribution in [3.63, 3.8) is 0 Å². The largest absolute Gasteiger partial charge is 0.325 e. The van der Waals surface area contributed by atoms with E-state index in [1.165, 1.54) is 5.56 Å². The molecule has 1 unspecified atom stereocenters. The number of nitrogens with zero attached hydrogens (tertiary/aromatic N) is 3. The van der Waals surface area contributed by atoms with Crippen molar-refractivity contribution in [1.82, 2.24) is 19.9 Å². The summed E-state index contributed by atoms with van der Waals surface area (Å²) in [6.45, 7) is 0.963. The van der Waals surface area contributed by atoms with Crippen molar-refractivity contribution in [3.8, 4) is 0 Å². The third kappa shape index (κ3) is 2.42. The van der Waals surface area contributed by atoms with Gasteiger partial charge in [-0.1, -0.05) is 30.3 Å². The molecule has 3 rings (SSSR count). The van der Waals surface area contributed by atoms with Crippen molar-refractivity contribution >= 4 is 11.0 Å². The van der Waals surface area contributed by atoms with Gasteiger partial charge in [-0.15, -0.1) is 0 Å². The molecule has 0 aliphatic rings. The Morgan fingerprint density at radius 1 is 1.20 bits per heavy atom. The fraction of sp³-hybridized carbons (Fsp3) is 0.250. The average molecular weight is 266 g/mol. The van der Waals surface area contributed by atoms with E-state index < -0.39 is 0 Å². The molecule has 0 fully saturated rings. The quantitative estimate of drug-likeness (QED) is 0.772. The van der Waals surface area contributed by atoms with Crippen molar-refractivity contribution in [2.24, 2.45) is 0 Å². The lowest BCUT2D eigenvalue weighted by Crippen LogP contribution is -2.17. The highest BCUT2D eigenvalue weighted by Crippen LogP contribution is 2.25. The summed E-state index contributed by atoms with van der Waals surface area (Å²) in [4.78, 5) is 8.51. The van der Waals surface area contributed by atoms with Gasteiger partial charge in [0.15, 0.2) is 0 Å². The monoisotopic (exact) mass is 266 g/mol. The summed E-state index contributed by atoms with van der Waals surface area (Å²) < 4.78 is 2.24. The molecular weight excluding hydrogens is 248 g/mol. The highest BCUT2D eigenvalue weighted by Gasteiger charge is 2.15. The predicted octanol–water partition coefficient (Wildman–Crippen LogP) is 2.63. The van der Waals surface area contributed by atoms with Crippen LogP contribution in [0.3, 0.4) is 0 Å². The molecule has 2 heterocycles. The van der Waals surface area contributed by atoms with Crippen LogP contribution in [0, 0.1) is 0 Å². The van der Waals surface area contributed by atoms with Gasteiger partial charge >= 0.3 is 0 Å². The minimum Gasteiger partial charge on any atom is -0.325 e. The lowest BCUT2D eigenvalue weighted by molar-refractivity contribution is 0.536. The summed E-state index contributed by atoms with van der Waals surface area (Å²) in [7, 11) is 1.98. The fourth-order valence-electron chi connectivity index (χ4n) is 2.57. The summed E-state index contributed by atoms with van der Waals surface area (Å²) in [6, 6.07) is 12.9. The molecule has 3 aromatic rings. The van der Waals surface area contributed by atoms with Crippen LogP contribution in [-0.4, -0.2) is 28.1 Å². The number of nitrogens with one attached hydrogen (secondary N) is 1. The maximum absolute atomic E-state index is 4.43. The molecule has 1 atom stereocenters. The normalized spacial score (nSPS) is 12.7. The molecule has 0 radical (unpaired) electrons.